The van der Waals surface area contributed by atoms with Crippen molar-refractivity contribution in [3.05, 3.63) is 24.2 Å². The van der Waals surface area contributed by atoms with Crippen LogP contribution >= 0.6 is 0 Å². The molecule has 0 saturated heterocycles. The molecule has 1 rings (SSSR count). The number of nitrogens with one attached hydrogen (secondary N) is 3. The van der Waals surface area contributed by atoms with Gasteiger partial charge in [-0.2, -0.15) is 0 Å². The molecule has 0 aliphatic rings. The van der Waals surface area contributed by atoms with E-state index in [0.29, 0.717) is 18.2 Å². The van der Waals surface area contributed by atoms with Crippen molar-refractivity contribution in [2.45, 2.75) is 52.7 Å². The zero-order chi connectivity index (χ0) is 15.8. The third-order valence-corrected chi connectivity index (χ3v) is 3.61. The Morgan fingerprint density at radius 3 is 2.52 bits per heavy atom. The molecule has 0 aromatic carbocycles. The van der Waals surface area contributed by atoms with Gasteiger partial charge in [0.1, 0.15) is 11.8 Å². The minimum absolute atomic E-state index is 0.0633. The van der Waals surface area contributed by atoms with Crippen LogP contribution in [0.25, 0.3) is 0 Å². The summed E-state index contributed by atoms with van der Waals surface area (Å²) in [7, 11) is 0. The van der Waals surface area contributed by atoms with Gasteiger partial charge >= 0.3 is 6.03 Å². The van der Waals surface area contributed by atoms with E-state index in [9.17, 15) is 9.59 Å². The lowest BCUT2D eigenvalue weighted by atomic mass is 10.0. The highest BCUT2D eigenvalue weighted by Gasteiger charge is 2.18. The third kappa shape index (κ3) is 5.89. The first kappa shape index (κ1) is 17.1. The minimum atomic E-state index is -0.607. The topological polar surface area (TPSA) is 83.4 Å². The van der Waals surface area contributed by atoms with E-state index >= 15 is 0 Å². The largest absolute Gasteiger partial charge is 0.467 e. The van der Waals surface area contributed by atoms with E-state index in [-0.39, 0.29) is 18.0 Å². The number of rotatable bonds is 7. The van der Waals surface area contributed by atoms with E-state index in [1.807, 2.05) is 6.92 Å². The van der Waals surface area contributed by atoms with Gasteiger partial charge in [-0.05, 0) is 31.9 Å². The summed E-state index contributed by atoms with van der Waals surface area (Å²) in [5, 5.41) is 8.17. The maximum Gasteiger partial charge on any atom is 0.315 e. The van der Waals surface area contributed by atoms with Crippen molar-refractivity contribution in [1.29, 1.82) is 0 Å². The molecule has 3 N–H and O–H groups in total. The Morgan fingerprint density at radius 2 is 1.95 bits per heavy atom. The van der Waals surface area contributed by atoms with Gasteiger partial charge in [0.25, 0.3) is 0 Å². The van der Waals surface area contributed by atoms with Crippen LogP contribution in [-0.4, -0.2) is 24.0 Å². The minimum Gasteiger partial charge on any atom is -0.467 e. The van der Waals surface area contributed by atoms with E-state index in [1.54, 1.807) is 25.3 Å². The van der Waals surface area contributed by atoms with Gasteiger partial charge in [-0.3, -0.25) is 4.79 Å². The number of carbonyl (C=O) groups excluding carboxylic acids is 2. The van der Waals surface area contributed by atoms with Crippen LogP contribution in [0.1, 0.15) is 39.9 Å². The van der Waals surface area contributed by atoms with Gasteiger partial charge in [0.2, 0.25) is 5.91 Å². The Hall–Kier alpha value is -1.98. The summed E-state index contributed by atoms with van der Waals surface area (Å²) in [5.74, 6) is 0.807. The summed E-state index contributed by atoms with van der Waals surface area (Å²) in [4.78, 5) is 23.7. The summed E-state index contributed by atoms with van der Waals surface area (Å²) in [6.07, 6.45) is 2.54. The summed E-state index contributed by atoms with van der Waals surface area (Å²) in [5.41, 5.74) is 0. The Kier molecular flexibility index (Phi) is 6.78. The first-order valence-electron chi connectivity index (χ1n) is 7.31. The van der Waals surface area contributed by atoms with Crippen LogP contribution < -0.4 is 16.0 Å². The van der Waals surface area contributed by atoms with Gasteiger partial charge in [0.05, 0.1) is 12.8 Å². The molecular formula is C15H25N3O3. The summed E-state index contributed by atoms with van der Waals surface area (Å²) < 4.78 is 5.12. The molecule has 21 heavy (non-hydrogen) atoms. The Morgan fingerprint density at radius 1 is 1.24 bits per heavy atom. The zero-order valence-corrected chi connectivity index (χ0v) is 13.1. The van der Waals surface area contributed by atoms with Gasteiger partial charge in [-0.15, -0.1) is 0 Å². The molecule has 0 saturated carbocycles. The number of amides is 3. The highest BCUT2D eigenvalue weighted by Crippen LogP contribution is 2.06. The highest BCUT2D eigenvalue weighted by molar-refractivity contribution is 5.86. The van der Waals surface area contributed by atoms with Crippen molar-refractivity contribution in [3.63, 3.8) is 0 Å². The second kappa shape index (κ2) is 8.34. The number of furan rings is 1. The summed E-state index contributed by atoms with van der Waals surface area (Å²) in [6.45, 7) is 8.05. The standard InChI is InChI=1S/C15H25N3O3/c1-5-10(2)11(3)17-15(20)18-12(4)14(19)16-9-13-7-6-8-21-13/h6-8,10-12H,5,9H2,1-4H3,(H,16,19)(H2,17,18,20)/t10-,11-,12+/m0/s1. The predicted octanol–water partition coefficient (Wildman–Crippen LogP) is 2.02. The van der Waals surface area contributed by atoms with Crippen molar-refractivity contribution in [2.24, 2.45) is 5.92 Å². The molecule has 3 atom stereocenters. The molecular weight excluding hydrogens is 270 g/mol. The quantitative estimate of drug-likeness (QED) is 0.719. The zero-order valence-electron chi connectivity index (χ0n) is 13.1. The molecule has 0 bridgehead atoms. The molecule has 6 heteroatoms. The van der Waals surface area contributed by atoms with E-state index in [1.165, 1.54) is 0 Å². The van der Waals surface area contributed by atoms with Crippen LogP contribution in [0.3, 0.4) is 0 Å². The second-order valence-corrected chi connectivity index (χ2v) is 5.31. The fourth-order valence-corrected chi connectivity index (χ4v) is 1.75. The maximum atomic E-state index is 11.9. The maximum absolute atomic E-state index is 11.9. The van der Waals surface area contributed by atoms with E-state index in [4.69, 9.17) is 4.42 Å². The Bertz CT molecular complexity index is 445. The number of urea groups is 1. The fourth-order valence-electron chi connectivity index (χ4n) is 1.75. The van der Waals surface area contributed by atoms with Crippen molar-refractivity contribution in [1.82, 2.24) is 16.0 Å². The molecule has 0 radical (unpaired) electrons. The van der Waals surface area contributed by atoms with Crippen LogP contribution in [0.4, 0.5) is 4.79 Å². The van der Waals surface area contributed by atoms with Crippen LogP contribution in [0.15, 0.2) is 22.8 Å². The number of carbonyl (C=O) groups is 2. The van der Waals surface area contributed by atoms with Crippen LogP contribution in [0, 0.1) is 5.92 Å². The Balaban J connectivity index is 2.32. The van der Waals surface area contributed by atoms with Crippen LogP contribution in [0.5, 0.6) is 0 Å². The second-order valence-electron chi connectivity index (χ2n) is 5.31. The van der Waals surface area contributed by atoms with Gasteiger partial charge in [0, 0.05) is 6.04 Å². The van der Waals surface area contributed by atoms with Gasteiger partial charge in [-0.25, -0.2) is 4.79 Å². The van der Waals surface area contributed by atoms with Gasteiger partial charge < -0.3 is 20.4 Å². The van der Waals surface area contributed by atoms with Crippen molar-refractivity contribution in [2.75, 3.05) is 0 Å². The average molecular weight is 295 g/mol. The molecule has 3 amide bonds. The SMILES string of the molecule is CC[C@H](C)[C@H](C)NC(=O)N[C@H](C)C(=O)NCc1ccco1. The molecule has 1 aromatic rings. The molecule has 0 fully saturated rings. The smallest absolute Gasteiger partial charge is 0.315 e. The van der Waals surface area contributed by atoms with E-state index < -0.39 is 6.04 Å². The number of hydrogen-bond donors (Lipinski definition) is 3. The molecule has 118 valence electrons. The van der Waals surface area contributed by atoms with Gasteiger partial charge in [-0.1, -0.05) is 20.3 Å². The molecule has 0 aliphatic carbocycles. The molecule has 0 spiro atoms. The van der Waals surface area contributed by atoms with E-state index in [2.05, 4.69) is 29.8 Å². The monoisotopic (exact) mass is 295 g/mol. The third-order valence-electron chi connectivity index (χ3n) is 3.61. The molecule has 1 aromatic heterocycles. The first-order valence-corrected chi connectivity index (χ1v) is 7.31. The van der Waals surface area contributed by atoms with Crippen LogP contribution in [-0.2, 0) is 11.3 Å². The Labute approximate surface area is 125 Å². The van der Waals surface area contributed by atoms with Gasteiger partial charge in [0.15, 0.2) is 0 Å². The summed E-state index contributed by atoms with van der Waals surface area (Å²) >= 11 is 0. The molecule has 1 heterocycles. The molecule has 0 aliphatic heterocycles. The normalized spacial score (nSPS) is 14.9. The lowest BCUT2D eigenvalue weighted by Gasteiger charge is -2.21. The van der Waals surface area contributed by atoms with Crippen molar-refractivity contribution >= 4 is 11.9 Å². The van der Waals surface area contributed by atoms with E-state index in [0.717, 1.165) is 6.42 Å². The molecule has 6 nitrogen and oxygen atoms in total. The molecule has 0 unspecified atom stereocenters. The van der Waals surface area contributed by atoms with Crippen LogP contribution in [0.2, 0.25) is 0 Å². The van der Waals surface area contributed by atoms with Crippen molar-refractivity contribution < 1.29 is 14.0 Å². The van der Waals surface area contributed by atoms with Crippen molar-refractivity contribution in [3.8, 4) is 0 Å². The average Bonchev–Trinajstić information content (AvgIpc) is 2.96. The lowest BCUT2D eigenvalue weighted by molar-refractivity contribution is -0.122. The lowest BCUT2D eigenvalue weighted by Crippen LogP contribution is -2.51. The number of hydrogen-bond acceptors (Lipinski definition) is 3. The fraction of sp³-hybridized carbons (Fsp3) is 0.600. The first-order chi connectivity index (χ1) is 9.93. The summed E-state index contributed by atoms with van der Waals surface area (Å²) in [6, 6.07) is 2.66. The predicted molar refractivity (Wildman–Crippen MR) is 80.6 cm³/mol. The highest BCUT2D eigenvalue weighted by atomic mass is 16.3.